The van der Waals surface area contributed by atoms with Gasteiger partial charge < -0.3 is 5.32 Å². The Morgan fingerprint density at radius 2 is 2.12 bits per heavy atom. The SMILES string of the molecule is Cc1[nH]nc2ncc(NC(=O)Cc3ccc(-n4cnnn4)cc3)cc12. The Kier molecular flexibility index (Phi) is 3.65. The van der Waals surface area contributed by atoms with Gasteiger partial charge in [-0.25, -0.2) is 9.67 Å². The van der Waals surface area contributed by atoms with Crippen molar-refractivity contribution < 1.29 is 4.79 Å². The van der Waals surface area contributed by atoms with Gasteiger partial charge in [0.15, 0.2) is 5.65 Å². The average Bonchev–Trinajstić information content (AvgIpc) is 3.26. The Bertz CT molecular complexity index is 1020. The number of rotatable bonds is 4. The van der Waals surface area contributed by atoms with E-state index in [1.165, 1.54) is 6.33 Å². The second kappa shape index (κ2) is 6.11. The van der Waals surface area contributed by atoms with Crippen molar-refractivity contribution in [1.82, 2.24) is 35.4 Å². The van der Waals surface area contributed by atoms with Crippen LogP contribution in [0, 0.1) is 6.92 Å². The molecule has 0 aliphatic heterocycles. The van der Waals surface area contributed by atoms with Gasteiger partial charge in [0.05, 0.1) is 24.0 Å². The van der Waals surface area contributed by atoms with Crippen LogP contribution in [-0.4, -0.2) is 41.3 Å². The number of amides is 1. The molecule has 0 aliphatic rings. The van der Waals surface area contributed by atoms with E-state index >= 15 is 0 Å². The minimum Gasteiger partial charge on any atom is -0.324 e. The number of aromatic nitrogens is 7. The summed E-state index contributed by atoms with van der Waals surface area (Å²) in [5.74, 6) is -0.113. The maximum absolute atomic E-state index is 12.3. The summed E-state index contributed by atoms with van der Waals surface area (Å²) in [7, 11) is 0. The van der Waals surface area contributed by atoms with Crippen molar-refractivity contribution in [2.45, 2.75) is 13.3 Å². The maximum Gasteiger partial charge on any atom is 0.228 e. The van der Waals surface area contributed by atoms with Crippen LogP contribution in [0.15, 0.2) is 42.9 Å². The van der Waals surface area contributed by atoms with Crippen LogP contribution in [0.1, 0.15) is 11.3 Å². The summed E-state index contributed by atoms with van der Waals surface area (Å²) in [6, 6.07) is 9.33. The zero-order valence-corrected chi connectivity index (χ0v) is 13.3. The van der Waals surface area contributed by atoms with Gasteiger partial charge in [0, 0.05) is 11.1 Å². The van der Waals surface area contributed by atoms with Gasteiger partial charge >= 0.3 is 0 Å². The van der Waals surface area contributed by atoms with Crippen LogP contribution < -0.4 is 5.32 Å². The van der Waals surface area contributed by atoms with E-state index in [9.17, 15) is 4.79 Å². The number of tetrazole rings is 1. The topological polar surface area (TPSA) is 114 Å². The normalized spacial score (nSPS) is 10.9. The van der Waals surface area contributed by atoms with Crippen LogP contribution in [0.4, 0.5) is 5.69 Å². The van der Waals surface area contributed by atoms with Crippen molar-refractivity contribution in [2.24, 2.45) is 0 Å². The summed E-state index contributed by atoms with van der Waals surface area (Å²) in [6.45, 7) is 1.91. The fraction of sp³-hybridized carbons (Fsp3) is 0.125. The molecule has 0 radical (unpaired) electrons. The fourth-order valence-electron chi connectivity index (χ4n) is 2.52. The molecule has 3 aromatic heterocycles. The molecule has 0 unspecified atom stereocenters. The molecule has 2 N–H and O–H groups in total. The van der Waals surface area contributed by atoms with E-state index in [1.807, 2.05) is 37.3 Å². The van der Waals surface area contributed by atoms with Crippen LogP contribution in [-0.2, 0) is 11.2 Å². The summed E-state index contributed by atoms with van der Waals surface area (Å²) in [6.07, 6.45) is 3.38. The van der Waals surface area contributed by atoms with Gasteiger partial charge in [-0.15, -0.1) is 5.10 Å². The zero-order chi connectivity index (χ0) is 17.2. The second-order valence-corrected chi connectivity index (χ2v) is 5.59. The number of aromatic amines is 1. The number of nitrogens with zero attached hydrogens (tertiary/aromatic N) is 6. The first-order chi connectivity index (χ1) is 12.2. The number of hydrogen-bond acceptors (Lipinski definition) is 6. The molecule has 25 heavy (non-hydrogen) atoms. The van der Waals surface area contributed by atoms with E-state index in [4.69, 9.17) is 0 Å². The van der Waals surface area contributed by atoms with E-state index in [-0.39, 0.29) is 12.3 Å². The van der Waals surface area contributed by atoms with Crippen LogP contribution in [0.25, 0.3) is 16.7 Å². The summed E-state index contributed by atoms with van der Waals surface area (Å²) in [5.41, 5.74) is 3.92. The first-order valence-electron chi connectivity index (χ1n) is 7.62. The Labute approximate surface area is 142 Å². The Hall–Kier alpha value is -3.62. The summed E-state index contributed by atoms with van der Waals surface area (Å²) >= 11 is 0. The number of hydrogen-bond donors (Lipinski definition) is 2. The van der Waals surface area contributed by atoms with Crippen molar-refractivity contribution in [3.05, 3.63) is 54.1 Å². The maximum atomic E-state index is 12.3. The van der Waals surface area contributed by atoms with E-state index in [2.05, 4.69) is 36.0 Å². The van der Waals surface area contributed by atoms with Crippen molar-refractivity contribution in [3.8, 4) is 5.69 Å². The van der Waals surface area contributed by atoms with Gasteiger partial charge in [0.25, 0.3) is 0 Å². The summed E-state index contributed by atoms with van der Waals surface area (Å²) < 4.78 is 1.55. The lowest BCUT2D eigenvalue weighted by Crippen LogP contribution is -2.14. The van der Waals surface area contributed by atoms with Crippen LogP contribution in [0.5, 0.6) is 0 Å². The highest BCUT2D eigenvalue weighted by Gasteiger charge is 2.08. The predicted molar refractivity (Wildman–Crippen MR) is 90.1 cm³/mol. The number of carbonyl (C=O) groups excluding carboxylic acids is 1. The van der Waals surface area contributed by atoms with Gasteiger partial charge in [0.2, 0.25) is 5.91 Å². The third kappa shape index (κ3) is 3.07. The number of H-pyrrole nitrogens is 1. The number of carbonyl (C=O) groups is 1. The van der Waals surface area contributed by atoms with Gasteiger partial charge in [-0.1, -0.05) is 12.1 Å². The quantitative estimate of drug-likeness (QED) is 0.583. The molecule has 1 amide bonds. The monoisotopic (exact) mass is 334 g/mol. The van der Waals surface area contributed by atoms with E-state index in [1.54, 1.807) is 10.9 Å². The highest BCUT2D eigenvalue weighted by atomic mass is 16.1. The molecule has 1 aromatic carbocycles. The Morgan fingerprint density at radius 1 is 1.28 bits per heavy atom. The van der Waals surface area contributed by atoms with Crippen LogP contribution in [0.2, 0.25) is 0 Å². The van der Waals surface area contributed by atoms with Gasteiger partial charge in [-0.3, -0.25) is 9.89 Å². The number of fused-ring (bicyclic) bond motifs is 1. The standard InChI is InChI=1S/C16H14N8O/c1-10-14-7-12(8-17-16(14)21-20-10)19-15(25)6-11-2-4-13(5-3-11)24-9-18-22-23-24/h2-5,7-9H,6H2,1H3,(H,19,25)(H,17,20,21). The number of anilines is 1. The number of pyridine rings is 1. The molecule has 0 saturated heterocycles. The Morgan fingerprint density at radius 3 is 2.88 bits per heavy atom. The molecule has 0 aliphatic carbocycles. The molecule has 9 heteroatoms. The van der Waals surface area contributed by atoms with Crippen molar-refractivity contribution in [3.63, 3.8) is 0 Å². The molecule has 4 aromatic rings. The van der Waals surface area contributed by atoms with Crippen molar-refractivity contribution in [1.29, 1.82) is 0 Å². The molecule has 0 fully saturated rings. The fourth-order valence-corrected chi connectivity index (χ4v) is 2.52. The molecular formula is C16H14N8O. The minimum absolute atomic E-state index is 0.113. The van der Waals surface area contributed by atoms with Gasteiger partial charge in [-0.2, -0.15) is 5.10 Å². The molecular weight excluding hydrogens is 320 g/mol. The minimum atomic E-state index is -0.113. The number of aryl methyl sites for hydroxylation is 1. The molecule has 0 spiro atoms. The number of nitrogens with one attached hydrogen (secondary N) is 2. The predicted octanol–water partition coefficient (Wildman–Crippen LogP) is 1.42. The highest BCUT2D eigenvalue weighted by molar-refractivity contribution is 5.94. The largest absolute Gasteiger partial charge is 0.324 e. The lowest BCUT2D eigenvalue weighted by atomic mass is 10.1. The highest BCUT2D eigenvalue weighted by Crippen LogP contribution is 2.18. The number of benzene rings is 1. The molecule has 124 valence electrons. The molecule has 3 heterocycles. The average molecular weight is 334 g/mol. The summed E-state index contributed by atoms with van der Waals surface area (Å²) in [5, 5.41) is 21.7. The van der Waals surface area contributed by atoms with E-state index in [0.717, 1.165) is 22.3 Å². The molecule has 4 rings (SSSR count). The zero-order valence-electron chi connectivity index (χ0n) is 13.3. The second-order valence-electron chi connectivity index (χ2n) is 5.59. The van der Waals surface area contributed by atoms with E-state index in [0.29, 0.717) is 11.3 Å². The van der Waals surface area contributed by atoms with Crippen molar-refractivity contribution >= 4 is 22.6 Å². The van der Waals surface area contributed by atoms with Gasteiger partial charge in [-0.05, 0) is 41.1 Å². The smallest absolute Gasteiger partial charge is 0.228 e. The van der Waals surface area contributed by atoms with Crippen molar-refractivity contribution in [2.75, 3.05) is 5.32 Å². The lowest BCUT2D eigenvalue weighted by molar-refractivity contribution is -0.115. The Balaban J connectivity index is 1.45. The lowest BCUT2D eigenvalue weighted by Gasteiger charge is -2.06. The van der Waals surface area contributed by atoms with E-state index < -0.39 is 0 Å². The molecule has 0 saturated carbocycles. The van der Waals surface area contributed by atoms with Crippen LogP contribution >= 0.6 is 0 Å². The third-order valence-corrected chi connectivity index (χ3v) is 3.80. The van der Waals surface area contributed by atoms with Crippen LogP contribution in [0.3, 0.4) is 0 Å². The van der Waals surface area contributed by atoms with Gasteiger partial charge in [0.1, 0.15) is 6.33 Å². The third-order valence-electron chi connectivity index (χ3n) is 3.80. The first kappa shape index (κ1) is 14.9. The first-order valence-corrected chi connectivity index (χ1v) is 7.62. The molecule has 9 nitrogen and oxygen atoms in total. The summed E-state index contributed by atoms with van der Waals surface area (Å²) in [4.78, 5) is 16.5. The molecule has 0 bridgehead atoms. The molecule has 0 atom stereocenters.